The number of carbonyl (C=O) groups is 1. The molecule has 1 N–H and O–H groups in total. The van der Waals surface area contributed by atoms with Crippen LogP contribution in [-0.4, -0.2) is 61.6 Å². The molecule has 148 valence electrons. The highest BCUT2D eigenvalue weighted by molar-refractivity contribution is 7.17. The second kappa shape index (κ2) is 7.52. The van der Waals surface area contributed by atoms with Crippen molar-refractivity contribution >= 4 is 22.2 Å². The van der Waals surface area contributed by atoms with E-state index in [1.807, 2.05) is 11.8 Å². The topological polar surface area (TPSA) is 74.0 Å². The minimum Gasteiger partial charge on any atom is -0.492 e. The van der Waals surface area contributed by atoms with Gasteiger partial charge in [0.25, 0.3) is 0 Å². The lowest BCUT2D eigenvalue weighted by molar-refractivity contribution is -0.130. The molecule has 1 fully saturated rings. The second-order valence-corrected chi connectivity index (χ2v) is 8.23. The lowest BCUT2D eigenvalue weighted by Gasteiger charge is -2.38. The molecule has 1 aromatic carbocycles. The van der Waals surface area contributed by atoms with Crippen LogP contribution >= 0.6 is 11.3 Å². The van der Waals surface area contributed by atoms with E-state index in [4.69, 9.17) is 0 Å². The number of nitrogens with zero attached hydrogens (tertiary/aromatic N) is 5. The Morgan fingerprint density at radius 2 is 1.89 bits per heavy atom. The summed E-state index contributed by atoms with van der Waals surface area (Å²) in [5.74, 6) is 1.00. The van der Waals surface area contributed by atoms with Crippen LogP contribution in [0.3, 0.4) is 0 Å². The maximum absolute atomic E-state index is 11.7. The molecule has 0 saturated carbocycles. The summed E-state index contributed by atoms with van der Waals surface area (Å²) in [7, 11) is 0. The van der Waals surface area contributed by atoms with E-state index in [0.717, 1.165) is 35.8 Å². The van der Waals surface area contributed by atoms with Gasteiger partial charge in [0.1, 0.15) is 0 Å². The summed E-state index contributed by atoms with van der Waals surface area (Å²) in [5, 5.41) is 15.4. The molecule has 1 atom stereocenters. The molecule has 7 nitrogen and oxygen atoms in total. The summed E-state index contributed by atoms with van der Waals surface area (Å²) < 4.78 is 1.55. The highest BCUT2D eigenvalue weighted by Crippen LogP contribution is 2.40. The van der Waals surface area contributed by atoms with Crippen molar-refractivity contribution in [3.05, 3.63) is 46.1 Å². The highest BCUT2D eigenvalue weighted by atomic mass is 32.1. The summed E-state index contributed by atoms with van der Waals surface area (Å²) in [4.78, 5) is 22.0. The van der Waals surface area contributed by atoms with E-state index in [1.165, 1.54) is 16.9 Å². The van der Waals surface area contributed by atoms with Crippen molar-refractivity contribution in [2.45, 2.75) is 33.2 Å². The molecule has 2 aromatic heterocycles. The van der Waals surface area contributed by atoms with Gasteiger partial charge in [-0.05, 0) is 12.5 Å². The van der Waals surface area contributed by atoms with E-state index < -0.39 is 0 Å². The number of piperazine rings is 1. The van der Waals surface area contributed by atoms with Crippen LogP contribution in [0, 0.1) is 6.92 Å². The van der Waals surface area contributed by atoms with Crippen molar-refractivity contribution in [2.24, 2.45) is 0 Å². The van der Waals surface area contributed by atoms with Gasteiger partial charge in [-0.15, -0.1) is 5.10 Å². The molecule has 1 aliphatic rings. The first-order chi connectivity index (χ1) is 13.5. The number of aryl methyl sites for hydroxylation is 2. The van der Waals surface area contributed by atoms with Crippen molar-refractivity contribution in [2.75, 3.05) is 26.2 Å². The quantitative estimate of drug-likeness (QED) is 0.730. The molecule has 0 bridgehead atoms. The van der Waals surface area contributed by atoms with Crippen LogP contribution in [-0.2, 0) is 11.2 Å². The van der Waals surface area contributed by atoms with Crippen molar-refractivity contribution in [1.29, 1.82) is 0 Å². The number of rotatable bonds is 4. The Morgan fingerprint density at radius 3 is 2.46 bits per heavy atom. The number of amides is 1. The van der Waals surface area contributed by atoms with Gasteiger partial charge in [-0.2, -0.15) is 4.52 Å². The zero-order valence-corrected chi connectivity index (χ0v) is 17.2. The number of carbonyl (C=O) groups excluding carboxylic acids is 1. The minimum atomic E-state index is -0.0896. The first-order valence-electron chi connectivity index (χ1n) is 9.61. The third-order valence-electron chi connectivity index (χ3n) is 5.33. The first kappa shape index (κ1) is 18.9. The molecule has 0 aliphatic carbocycles. The van der Waals surface area contributed by atoms with Crippen LogP contribution in [0.25, 0.3) is 4.96 Å². The van der Waals surface area contributed by atoms with E-state index in [-0.39, 0.29) is 17.8 Å². The Kier molecular flexibility index (Phi) is 5.07. The largest absolute Gasteiger partial charge is 0.492 e. The number of benzene rings is 1. The standard InChI is InChI=1S/C20H25N5O2S/c1-4-16-21-20-25(22-16)19(27)18(28-20)17(15-7-5-13(2)6-8-15)24-11-9-23(10-12-24)14(3)26/h5-8,17,27H,4,9-12H2,1-3H3. The molecular weight excluding hydrogens is 374 g/mol. The molecule has 3 aromatic rings. The third kappa shape index (κ3) is 3.38. The molecule has 1 saturated heterocycles. The van der Waals surface area contributed by atoms with Gasteiger partial charge in [0.2, 0.25) is 16.7 Å². The van der Waals surface area contributed by atoms with E-state index in [1.54, 1.807) is 11.4 Å². The van der Waals surface area contributed by atoms with Crippen LogP contribution < -0.4 is 0 Å². The Bertz CT molecular complexity index is 986. The molecule has 3 heterocycles. The van der Waals surface area contributed by atoms with E-state index >= 15 is 0 Å². The maximum Gasteiger partial charge on any atom is 0.230 e. The SMILES string of the molecule is CCc1nc2sc(C(c3ccc(C)cc3)N3CCN(C(C)=O)CC3)c(O)n2n1. The number of thiazole rings is 1. The monoisotopic (exact) mass is 399 g/mol. The fourth-order valence-electron chi connectivity index (χ4n) is 3.69. The first-order valence-corrected chi connectivity index (χ1v) is 10.4. The van der Waals surface area contributed by atoms with Gasteiger partial charge in [0, 0.05) is 39.5 Å². The maximum atomic E-state index is 11.7. The Morgan fingerprint density at radius 1 is 1.21 bits per heavy atom. The Balaban J connectivity index is 1.73. The fraction of sp³-hybridized carbons (Fsp3) is 0.450. The van der Waals surface area contributed by atoms with Crippen molar-refractivity contribution < 1.29 is 9.90 Å². The van der Waals surface area contributed by atoms with Crippen LogP contribution in [0.15, 0.2) is 24.3 Å². The number of aromatic hydroxyl groups is 1. The Labute approximate surface area is 168 Å². The zero-order valence-electron chi connectivity index (χ0n) is 16.4. The van der Waals surface area contributed by atoms with Gasteiger partial charge in [-0.25, -0.2) is 4.98 Å². The van der Waals surface area contributed by atoms with Crippen LogP contribution in [0.2, 0.25) is 0 Å². The number of hydrogen-bond donors (Lipinski definition) is 1. The fourth-order valence-corrected chi connectivity index (χ4v) is 4.83. The zero-order chi connectivity index (χ0) is 19.8. The van der Waals surface area contributed by atoms with Gasteiger partial charge >= 0.3 is 0 Å². The minimum absolute atomic E-state index is 0.0896. The predicted octanol–water partition coefficient (Wildman–Crippen LogP) is 2.62. The highest BCUT2D eigenvalue weighted by Gasteiger charge is 2.32. The average molecular weight is 400 g/mol. The summed E-state index contributed by atoms with van der Waals surface area (Å²) in [5.41, 5.74) is 2.32. The predicted molar refractivity (Wildman–Crippen MR) is 109 cm³/mol. The summed E-state index contributed by atoms with van der Waals surface area (Å²) in [6.07, 6.45) is 0.734. The Hall–Kier alpha value is -2.45. The summed E-state index contributed by atoms with van der Waals surface area (Å²) in [6, 6.07) is 8.33. The second-order valence-electron chi connectivity index (χ2n) is 7.22. The van der Waals surface area contributed by atoms with Crippen LogP contribution in [0.5, 0.6) is 5.88 Å². The molecule has 1 amide bonds. The van der Waals surface area contributed by atoms with E-state index in [0.29, 0.717) is 18.1 Å². The van der Waals surface area contributed by atoms with Crippen molar-refractivity contribution in [3.8, 4) is 5.88 Å². The number of fused-ring (bicyclic) bond motifs is 1. The molecule has 0 spiro atoms. The van der Waals surface area contributed by atoms with Gasteiger partial charge < -0.3 is 10.0 Å². The number of hydrogen-bond acceptors (Lipinski definition) is 6. The molecule has 28 heavy (non-hydrogen) atoms. The van der Waals surface area contributed by atoms with Gasteiger partial charge in [0.15, 0.2) is 5.82 Å². The molecule has 0 radical (unpaired) electrons. The van der Waals surface area contributed by atoms with E-state index in [2.05, 4.69) is 46.2 Å². The normalized spacial score (nSPS) is 16.6. The smallest absolute Gasteiger partial charge is 0.230 e. The van der Waals surface area contributed by atoms with Gasteiger partial charge in [-0.1, -0.05) is 48.1 Å². The average Bonchev–Trinajstić information content (AvgIpc) is 3.23. The molecule has 4 rings (SSSR count). The van der Waals surface area contributed by atoms with Crippen LogP contribution in [0.4, 0.5) is 0 Å². The lowest BCUT2D eigenvalue weighted by Crippen LogP contribution is -2.49. The van der Waals surface area contributed by atoms with Gasteiger partial charge in [-0.3, -0.25) is 9.69 Å². The summed E-state index contributed by atoms with van der Waals surface area (Å²) >= 11 is 1.49. The third-order valence-corrected chi connectivity index (χ3v) is 6.40. The molecule has 8 heteroatoms. The molecule has 1 unspecified atom stereocenters. The van der Waals surface area contributed by atoms with Crippen molar-refractivity contribution in [3.63, 3.8) is 0 Å². The lowest BCUT2D eigenvalue weighted by atomic mass is 10.0. The van der Waals surface area contributed by atoms with E-state index in [9.17, 15) is 9.90 Å². The summed E-state index contributed by atoms with van der Waals surface area (Å²) in [6.45, 7) is 8.58. The molecular formula is C20H25N5O2S. The van der Waals surface area contributed by atoms with Gasteiger partial charge in [0.05, 0.1) is 10.9 Å². The van der Waals surface area contributed by atoms with Crippen LogP contribution in [0.1, 0.15) is 41.7 Å². The number of aromatic nitrogens is 3. The molecule has 1 aliphatic heterocycles. The van der Waals surface area contributed by atoms with Crippen molar-refractivity contribution in [1.82, 2.24) is 24.4 Å².